The van der Waals surface area contributed by atoms with Crippen LogP contribution in [0.15, 0.2) is 97.3 Å². The van der Waals surface area contributed by atoms with Gasteiger partial charge < -0.3 is 35.6 Å². The van der Waals surface area contributed by atoms with Gasteiger partial charge in [-0.1, -0.05) is 0 Å². The number of aromatic nitrogens is 4. The van der Waals surface area contributed by atoms with Gasteiger partial charge in [0.2, 0.25) is 29.6 Å². The summed E-state index contributed by atoms with van der Waals surface area (Å²) in [5.74, 6) is -2.61. The number of halogens is 1. The first-order valence-corrected chi connectivity index (χ1v) is 23.1. The van der Waals surface area contributed by atoms with Crippen molar-refractivity contribution in [2.24, 2.45) is 5.41 Å². The summed E-state index contributed by atoms with van der Waals surface area (Å²) in [5, 5.41) is 22.4. The van der Waals surface area contributed by atoms with E-state index in [4.69, 9.17) is 9.47 Å². The highest BCUT2D eigenvalue weighted by Crippen LogP contribution is 2.48. The minimum atomic E-state index is -1.22. The predicted octanol–water partition coefficient (Wildman–Crippen LogP) is 4.60. The fourth-order valence-electron chi connectivity index (χ4n) is 8.81. The van der Waals surface area contributed by atoms with Crippen LogP contribution in [0.5, 0.6) is 17.2 Å². The van der Waals surface area contributed by atoms with Crippen molar-refractivity contribution < 1.29 is 47.4 Å². The Hall–Kier alpha value is -8.92. The molecule has 5 heterocycles. The predicted molar refractivity (Wildman–Crippen MR) is 258 cm³/mol. The zero-order valence-electron chi connectivity index (χ0n) is 38.6. The summed E-state index contributed by atoms with van der Waals surface area (Å²) in [6.07, 6.45) is 3.79. The highest BCUT2D eigenvalue weighted by atomic mass is 19.1. The lowest BCUT2D eigenvalue weighted by Gasteiger charge is -2.36. The van der Waals surface area contributed by atoms with Crippen LogP contribution in [-0.4, -0.2) is 124 Å². The molecule has 1 saturated carbocycles. The molecule has 1 atom stereocenters. The number of piperidine rings is 1. The summed E-state index contributed by atoms with van der Waals surface area (Å²) in [4.78, 5) is 104. The summed E-state index contributed by atoms with van der Waals surface area (Å²) < 4.78 is 25.2. The van der Waals surface area contributed by atoms with Crippen molar-refractivity contribution in [2.75, 3.05) is 72.5 Å². The molecule has 22 heteroatoms. The Morgan fingerprint density at radius 2 is 1.50 bits per heavy atom. The van der Waals surface area contributed by atoms with E-state index in [9.17, 15) is 38.0 Å². The maximum atomic E-state index is 13.3. The second kappa shape index (κ2) is 19.5. The lowest BCUT2D eigenvalue weighted by atomic mass is 10.0. The third-order valence-electron chi connectivity index (χ3n) is 13.0. The standard InChI is InChI=1S/C50H45FN12O9/c1-71-41-25-35-36(52-17-14-40(35)72-32-9-6-30(7-10-32)56-48(70)50(15-16-50)47(69)55-29-4-2-28(51)3-5-29)26-37(41)57-43(65)38-27-54-49(60-59-38)53-18-19-61-20-22-62(23-21-61)31-8-11-33-34(24-31)46(68)63(45(33)67)39-12-13-42(64)58-44(39)66/h2-11,14,17,24-27,39H,12-13,15-16,18-23H2,1H3,(H,55,69)(H,56,70)(H,57,65)(H,53,54,60)(H,58,64,66). The monoisotopic (exact) mass is 976 g/mol. The molecule has 1 aliphatic carbocycles. The van der Waals surface area contributed by atoms with Crippen molar-refractivity contribution in [1.29, 1.82) is 0 Å². The molecule has 5 N–H and O–H groups in total. The van der Waals surface area contributed by atoms with Gasteiger partial charge >= 0.3 is 0 Å². The molecule has 3 fully saturated rings. The van der Waals surface area contributed by atoms with Crippen LogP contribution in [0.2, 0.25) is 0 Å². The summed E-state index contributed by atoms with van der Waals surface area (Å²) in [6, 6.07) is 21.1. The number of pyridine rings is 1. The van der Waals surface area contributed by atoms with Gasteiger partial charge in [-0.15, -0.1) is 10.2 Å². The molecule has 2 saturated heterocycles. The number of anilines is 5. The van der Waals surface area contributed by atoms with Gasteiger partial charge in [0.15, 0.2) is 5.69 Å². The maximum Gasteiger partial charge on any atom is 0.277 e. The fraction of sp³-hybridized carbons (Fsp3) is 0.260. The van der Waals surface area contributed by atoms with Gasteiger partial charge in [-0.3, -0.25) is 53.7 Å². The van der Waals surface area contributed by atoms with Crippen molar-refractivity contribution in [1.82, 2.24) is 35.3 Å². The Labute approximate surface area is 409 Å². The second-order valence-corrected chi connectivity index (χ2v) is 17.6. The van der Waals surface area contributed by atoms with Crippen molar-refractivity contribution in [3.05, 3.63) is 120 Å². The molecule has 7 amide bonds. The summed E-state index contributed by atoms with van der Waals surface area (Å²) in [5.41, 5.74) is 1.69. The molecule has 0 spiro atoms. The highest BCUT2D eigenvalue weighted by molar-refractivity contribution is 6.24. The lowest BCUT2D eigenvalue weighted by molar-refractivity contribution is -0.136. The van der Waals surface area contributed by atoms with Gasteiger partial charge in [0, 0.05) is 74.3 Å². The number of carbonyl (C=O) groups excluding carboxylic acids is 7. The van der Waals surface area contributed by atoms with E-state index in [1.165, 1.54) is 37.6 Å². The topological polar surface area (TPSA) is 259 Å². The molecule has 1 unspecified atom stereocenters. The number of piperazine rings is 1. The second-order valence-electron chi connectivity index (χ2n) is 17.6. The van der Waals surface area contributed by atoms with Crippen LogP contribution in [0, 0.1) is 11.2 Å². The van der Waals surface area contributed by atoms with Crippen molar-refractivity contribution in [3.8, 4) is 17.2 Å². The van der Waals surface area contributed by atoms with Crippen LogP contribution in [0.1, 0.15) is 56.9 Å². The van der Waals surface area contributed by atoms with E-state index < -0.39 is 58.6 Å². The quantitative estimate of drug-likeness (QED) is 0.0696. The number of ether oxygens (including phenoxy) is 2. The minimum absolute atomic E-state index is 0.0367. The van der Waals surface area contributed by atoms with Crippen molar-refractivity contribution >= 4 is 81.0 Å². The molecule has 366 valence electrons. The molecule has 4 aromatic carbocycles. The Kier molecular flexibility index (Phi) is 12.7. The molecule has 0 bridgehead atoms. The van der Waals surface area contributed by atoms with E-state index in [1.807, 2.05) is 0 Å². The van der Waals surface area contributed by atoms with Crippen LogP contribution in [0.25, 0.3) is 10.9 Å². The van der Waals surface area contributed by atoms with Crippen molar-refractivity contribution in [2.45, 2.75) is 31.7 Å². The van der Waals surface area contributed by atoms with E-state index in [1.54, 1.807) is 66.9 Å². The van der Waals surface area contributed by atoms with Crippen LogP contribution in [-0.2, 0) is 19.2 Å². The normalized spacial score (nSPS) is 17.2. The third-order valence-corrected chi connectivity index (χ3v) is 13.0. The van der Waals surface area contributed by atoms with E-state index in [-0.39, 0.29) is 35.6 Å². The number of fused-ring (bicyclic) bond motifs is 2. The highest BCUT2D eigenvalue weighted by Gasteiger charge is 2.56. The molecule has 21 nitrogen and oxygen atoms in total. The maximum absolute atomic E-state index is 13.3. The molecule has 2 aromatic heterocycles. The van der Waals surface area contributed by atoms with Gasteiger partial charge in [-0.25, -0.2) is 9.37 Å². The molecule has 3 aliphatic heterocycles. The molecular formula is C50H45FN12O9. The first-order valence-electron chi connectivity index (χ1n) is 23.1. The Morgan fingerprint density at radius 3 is 2.17 bits per heavy atom. The van der Waals surface area contributed by atoms with Crippen molar-refractivity contribution in [3.63, 3.8) is 0 Å². The minimum Gasteiger partial charge on any atom is -0.495 e. The van der Waals surface area contributed by atoms with Crippen LogP contribution < -0.4 is 41.0 Å². The third kappa shape index (κ3) is 9.53. The molecule has 0 radical (unpaired) electrons. The number of imide groups is 2. The van der Waals surface area contributed by atoms with Gasteiger partial charge in [-0.05, 0) is 104 Å². The van der Waals surface area contributed by atoms with E-state index in [0.717, 1.165) is 23.7 Å². The van der Waals surface area contributed by atoms with Crippen LogP contribution in [0.4, 0.5) is 33.1 Å². The van der Waals surface area contributed by atoms with Crippen LogP contribution >= 0.6 is 0 Å². The van der Waals surface area contributed by atoms with Gasteiger partial charge in [0.05, 0.1) is 35.6 Å². The average molecular weight is 977 g/mol. The Bertz CT molecular complexity index is 3160. The summed E-state index contributed by atoms with van der Waals surface area (Å²) in [6.45, 7) is 3.94. The van der Waals surface area contributed by atoms with E-state index >= 15 is 0 Å². The first kappa shape index (κ1) is 46.8. The Balaban J connectivity index is 0.692. The average Bonchev–Trinajstić information content (AvgIpc) is 4.17. The number of amides is 7. The number of hydrogen-bond donors (Lipinski definition) is 5. The number of methoxy groups -OCH3 is 1. The lowest BCUT2D eigenvalue weighted by Crippen LogP contribution is -2.54. The van der Waals surface area contributed by atoms with Gasteiger partial charge in [0.25, 0.3) is 17.7 Å². The zero-order valence-corrected chi connectivity index (χ0v) is 38.6. The zero-order chi connectivity index (χ0) is 50.1. The molecule has 10 rings (SSSR count). The summed E-state index contributed by atoms with van der Waals surface area (Å²) in [7, 11) is 1.46. The number of nitrogens with zero attached hydrogens (tertiary/aromatic N) is 7. The number of nitrogens with one attached hydrogen (secondary N) is 5. The smallest absolute Gasteiger partial charge is 0.277 e. The van der Waals surface area contributed by atoms with E-state index in [0.29, 0.717) is 84.2 Å². The SMILES string of the molecule is COc1cc2c(Oc3ccc(NC(=O)C4(C(=O)Nc5ccc(F)cc5)CC4)cc3)ccnc2cc1NC(=O)c1cnc(NCCN2CCN(c3ccc4c(c3)C(=O)N(C3CCC(=O)NC3=O)C4=O)CC2)nn1. The fourth-order valence-corrected chi connectivity index (χ4v) is 8.81. The Morgan fingerprint density at radius 1 is 0.792 bits per heavy atom. The van der Waals surface area contributed by atoms with Gasteiger partial charge in [0.1, 0.15) is 34.5 Å². The molecule has 4 aliphatic rings. The number of carbonyl (C=O) groups is 7. The number of benzene rings is 4. The molecule has 72 heavy (non-hydrogen) atoms. The van der Waals surface area contributed by atoms with E-state index in [2.05, 4.69) is 56.5 Å². The summed E-state index contributed by atoms with van der Waals surface area (Å²) >= 11 is 0. The largest absolute Gasteiger partial charge is 0.495 e. The first-order chi connectivity index (χ1) is 34.8. The van der Waals surface area contributed by atoms with Gasteiger partial charge in [-0.2, -0.15) is 0 Å². The van der Waals surface area contributed by atoms with Crippen LogP contribution in [0.3, 0.4) is 0 Å². The number of hydrogen-bond acceptors (Lipinski definition) is 16. The molecular weight excluding hydrogens is 932 g/mol. The number of rotatable bonds is 15. The molecule has 6 aromatic rings.